The lowest BCUT2D eigenvalue weighted by Gasteiger charge is -2.01. The molecule has 1 aromatic heterocycles. The predicted molar refractivity (Wildman–Crippen MR) is 70.5 cm³/mol. The van der Waals surface area contributed by atoms with Crippen LogP contribution >= 0.6 is 11.3 Å². The van der Waals surface area contributed by atoms with E-state index in [1.54, 1.807) is 0 Å². The normalized spacial score (nSPS) is 10.9. The molecule has 0 unspecified atom stereocenters. The molecule has 0 fully saturated rings. The fourth-order valence-electron chi connectivity index (χ4n) is 1.40. The van der Waals surface area contributed by atoms with E-state index >= 15 is 0 Å². The summed E-state index contributed by atoms with van der Waals surface area (Å²) < 4.78 is 26.2. The molecule has 0 radical (unpaired) electrons. The van der Waals surface area contributed by atoms with Gasteiger partial charge in [-0.2, -0.15) is 5.10 Å². The van der Waals surface area contributed by atoms with Crippen LogP contribution in [0.3, 0.4) is 0 Å². The molecular formula is C13H10F2N2OS. The van der Waals surface area contributed by atoms with E-state index < -0.39 is 17.5 Å². The number of carbonyl (C=O) groups excluding carboxylic acids is 1. The van der Waals surface area contributed by atoms with Crippen molar-refractivity contribution in [3.05, 3.63) is 57.3 Å². The number of aryl methyl sites for hydroxylation is 1. The first-order valence-electron chi connectivity index (χ1n) is 5.40. The van der Waals surface area contributed by atoms with Crippen molar-refractivity contribution < 1.29 is 13.6 Å². The molecule has 0 saturated heterocycles. The van der Waals surface area contributed by atoms with Crippen LogP contribution in [0.5, 0.6) is 0 Å². The molecule has 0 bridgehead atoms. The molecule has 6 heteroatoms. The van der Waals surface area contributed by atoms with E-state index in [4.69, 9.17) is 0 Å². The molecule has 1 aromatic carbocycles. The van der Waals surface area contributed by atoms with Gasteiger partial charge in [0, 0.05) is 4.88 Å². The number of hydrazone groups is 1. The van der Waals surface area contributed by atoms with Crippen molar-refractivity contribution in [3.8, 4) is 0 Å². The van der Waals surface area contributed by atoms with Crippen LogP contribution in [0.25, 0.3) is 0 Å². The highest BCUT2D eigenvalue weighted by Gasteiger charge is 2.11. The van der Waals surface area contributed by atoms with Gasteiger partial charge in [0.05, 0.1) is 11.8 Å². The Bertz CT molecular complexity index is 637. The quantitative estimate of drug-likeness (QED) is 0.681. The molecule has 98 valence electrons. The Labute approximate surface area is 112 Å². The van der Waals surface area contributed by atoms with Gasteiger partial charge in [-0.3, -0.25) is 4.79 Å². The molecule has 19 heavy (non-hydrogen) atoms. The smallest absolute Gasteiger partial charge is 0.267 e. The predicted octanol–water partition coefficient (Wildman–Crippen LogP) is 3.10. The van der Waals surface area contributed by atoms with Crippen molar-refractivity contribution in [3.63, 3.8) is 0 Å². The molecule has 1 amide bonds. The van der Waals surface area contributed by atoms with Gasteiger partial charge in [-0.15, -0.1) is 11.3 Å². The third kappa shape index (κ3) is 3.23. The fourth-order valence-corrected chi connectivity index (χ4v) is 2.18. The summed E-state index contributed by atoms with van der Waals surface area (Å²) in [5.74, 6) is -2.26. The minimum absolute atomic E-state index is 0.375. The van der Waals surface area contributed by atoms with Gasteiger partial charge in [-0.25, -0.2) is 14.2 Å². The Hall–Kier alpha value is -2.08. The zero-order chi connectivity index (χ0) is 13.8. The van der Waals surface area contributed by atoms with Crippen molar-refractivity contribution in [1.82, 2.24) is 5.43 Å². The summed E-state index contributed by atoms with van der Waals surface area (Å²) in [5.41, 5.74) is 2.82. The van der Waals surface area contributed by atoms with E-state index in [2.05, 4.69) is 10.5 Å². The first kappa shape index (κ1) is 13.4. The maximum atomic E-state index is 13.3. The molecule has 1 N–H and O–H groups in total. The number of benzene rings is 1. The van der Waals surface area contributed by atoms with E-state index in [1.807, 2.05) is 18.4 Å². The Morgan fingerprint density at radius 1 is 1.37 bits per heavy atom. The summed E-state index contributed by atoms with van der Waals surface area (Å²) >= 11 is 1.47. The molecule has 0 spiro atoms. The van der Waals surface area contributed by atoms with Crippen LogP contribution in [0.15, 0.2) is 34.7 Å². The van der Waals surface area contributed by atoms with Crippen molar-refractivity contribution in [2.45, 2.75) is 6.92 Å². The second-order valence-corrected chi connectivity index (χ2v) is 4.74. The van der Waals surface area contributed by atoms with Gasteiger partial charge >= 0.3 is 0 Å². The Balaban J connectivity index is 2.08. The van der Waals surface area contributed by atoms with E-state index in [9.17, 15) is 13.6 Å². The van der Waals surface area contributed by atoms with Gasteiger partial charge in [0.2, 0.25) is 0 Å². The van der Waals surface area contributed by atoms with E-state index in [0.29, 0.717) is 0 Å². The number of thiophene rings is 1. The van der Waals surface area contributed by atoms with Crippen molar-refractivity contribution in [2.24, 2.45) is 5.10 Å². The summed E-state index contributed by atoms with van der Waals surface area (Å²) in [6, 6.07) is 4.60. The van der Waals surface area contributed by atoms with Crippen LogP contribution < -0.4 is 5.43 Å². The monoisotopic (exact) mass is 280 g/mol. The number of hydrogen-bond acceptors (Lipinski definition) is 3. The van der Waals surface area contributed by atoms with Gasteiger partial charge < -0.3 is 0 Å². The third-order valence-corrected chi connectivity index (χ3v) is 3.38. The standard InChI is InChI=1S/C13H10F2N2OS/c1-8-4-5-19-12(8)7-16-17-13(18)10-6-9(14)2-3-11(10)15/h2-7H,1H3,(H,17,18)/b16-7-. The molecule has 0 atom stereocenters. The van der Waals surface area contributed by atoms with Crippen molar-refractivity contribution >= 4 is 23.5 Å². The molecule has 1 heterocycles. The summed E-state index contributed by atoms with van der Waals surface area (Å²) in [6.07, 6.45) is 1.47. The van der Waals surface area contributed by atoms with Crippen LogP contribution in [0, 0.1) is 18.6 Å². The van der Waals surface area contributed by atoms with Crippen LogP contribution in [-0.2, 0) is 0 Å². The van der Waals surface area contributed by atoms with E-state index in [1.165, 1.54) is 17.6 Å². The lowest BCUT2D eigenvalue weighted by molar-refractivity contribution is 0.0950. The first-order valence-corrected chi connectivity index (χ1v) is 6.28. The molecule has 2 aromatic rings. The van der Waals surface area contributed by atoms with Gasteiger partial charge in [-0.1, -0.05) is 0 Å². The Morgan fingerprint density at radius 2 is 2.16 bits per heavy atom. The van der Waals surface area contributed by atoms with Crippen molar-refractivity contribution in [2.75, 3.05) is 0 Å². The van der Waals surface area contributed by atoms with Crippen molar-refractivity contribution in [1.29, 1.82) is 0 Å². The molecule has 0 aliphatic carbocycles. The lowest BCUT2D eigenvalue weighted by atomic mass is 10.2. The number of rotatable bonds is 3. The summed E-state index contributed by atoms with van der Waals surface area (Å²) in [4.78, 5) is 12.5. The fraction of sp³-hybridized carbons (Fsp3) is 0.0769. The third-order valence-electron chi connectivity index (χ3n) is 2.42. The summed E-state index contributed by atoms with van der Waals surface area (Å²) in [7, 11) is 0. The molecule has 0 aliphatic rings. The Morgan fingerprint density at radius 3 is 2.84 bits per heavy atom. The molecular weight excluding hydrogens is 270 g/mol. The van der Waals surface area contributed by atoms with E-state index in [-0.39, 0.29) is 5.56 Å². The van der Waals surface area contributed by atoms with Gasteiger partial charge in [0.1, 0.15) is 11.6 Å². The maximum Gasteiger partial charge on any atom is 0.274 e. The highest BCUT2D eigenvalue weighted by Crippen LogP contribution is 2.12. The zero-order valence-corrected chi connectivity index (χ0v) is 10.8. The number of halogens is 2. The topological polar surface area (TPSA) is 41.5 Å². The zero-order valence-electron chi connectivity index (χ0n) is 9.98. The number of nitrogens with zero attached hydrogens (tertiary/aromatic N) is 1. The SMILES string of the molecule is Cc1ccsc1/C=N\NC(=O)c1cc(F)ccc1F. The highest BCUT2D eigenvalue weighted by molar-refractivity contribution is 7.11. The summed E-state index contributed by atoms with van der Waals surface area (Å²) in [6.45, 7) is 1.91. The largest absolute Gasteiger partial charge is 0.274 e. The molecule has 3 nitrogen and oxygen atoms in total. The second-order valence-electron chi connectivity index (χ2n) is 3.79. The highest BCUT2D eigenvalue weighted by atomic mass is 32.1. The number of carbonyl (C=O) groups is 1. The first-order chi connectivity index (χ1) is 9.08. The number of nitrogens with one attached hydrogen (secondary N) is 1. The number of amides is 1. The number of hydrogen-bond donors (Lipinski definition) is 1. The second kappa shape index (κ2) is 5.71. The van der Waals surface area contributed by atoms with E-state index in [0.717, 1.165) is 28.6 Å². The van der Waals surface area contributed by atoms with Crippen LogP contribution in [-0.4, -0.2) is 12.1 Å². The lowest BCUT2D eigenvalue weighted by Crippen LogP contribution is -2.19. The minimum atomic E-state index is -0.790. The van der Waals surface area contributed by atoms with Crippen LogP contribution in [0.1, 0.15) is 20.8 Å². The van der Waals surface area contributed by atoms with Crippen LogP contribution in [0.2, 0.25) is 0 Å². The van der Waals surface area contributed by atoms with Gasteiger partial charge in [0.15, 0.2) is 0 Å². The van der Waals surface area contributed by atoms with Gasteiger partial charge in [-0.05, 0) is 42.1 Å². The summed E-state index contributed by atoms with van der Waals surface area (Å²) in [5, 5.41) is 5.61. The average molecular weight is 280 g/mol. The molecule has 0 saturated carbocycles. The Kier molecular flexibility index (Phi) is 4.01. The van der Waals surface area contributed by atoms with Crippen LogP contribution in [0.4, 0.5) is 8.78 Å². The minimum Gasteiger partial charge on any atom is -0.267 e. The average Bonchev–Trinajstić information content (AvgIpc) is 2.78. The maximum absolute atomic E-state index is 13.3. The molecule has 0 aliphatic heterocycles. The molecule has 2 rings (SSSR count). The van der Waals surface area contributed by atoms with Gasteiger partial charge in [0.25, 0.3) is 5.91 Å².